The van der Waals surface area contributed by atoms with Gasteiger partial charge < -0.3 is 14.6 Å². The zero-order valence-corrected chi connectivity index (χ0v) is 15.6. The van der Waals surface area contributed by atoms with E-state index in [0.717, 1.165) is 40.1 Å². The van der Waals surface area contributed by atoms with E-state index in [1.807, 2.05) is 62.1 Å². The first-order valence-corrected chi connectivity index (χ1v) is 8.56. The van der Waals surface area contributed by atoms with E-state index in [9.17, 15) is 4.79 Å². The Morgan fingerprint density at radius 1 is 1.31 bits per heavy atom. The van der Waals surface area contributed by atoms with Crippen LogP contribution in [-0.4, -0.2) is 34.0 Å². The van der Waals surface area contributed by atoms with Gasteiger partial charge in [-0.05, 0) is 44.2 Å². The number of anilines is 1. The van der Waals surface area contributed by atoms with E-state index in [4.69, 9.17) is 4.74 Å². The molecule has 0 unspecified atom stereocenters. The summed E-state index contributed by atoms with van der Waals surface area (Å²) in [5, 5.41) is 8.35. The zero-order chi connectivity index (χ0) is 18.7. The van der Waals surface area contributed by atoms with Crippen LogP contribution in [0.4, 0.5) is 5.69 Å². The number of nitrogens with zero attached hydrogens (tertiary/aromatic N) is 3. The molecule has 6 nitrogen and oxygen atoms in total. The Bertz CT molecular complexity index is 966. The summed E-state index contributed by atoms with van der Waals surface area (Å²) in [7, 11) is 3.59. The molecule has 0 bridgehead atoms. The number of hydrogen-bond acceptors (Lipinski definition) is 3. The Morgan fingerprint density at radius 3 is 2.81 bits per heavy atom. The largest absolute Gasteiger partial charge is 0.383 e. The summed E-state index contributed by atoms with van der Waals surface area (Å²) in [6.07, 6.45) is 5.39. The molecule has 6 heteroatoms. The molecule has 0 aliphatic rings. The summed E-state index contributed by atoms with van der Waals surface area (Å²) in [4.78, 5) is 12.3. The lowest BCUT2D eigenvalue weighted by Gasteiger charge is -2.06. The van der Waals surface area contributed by atoms with Gasteiger partial charge in [0.1, 0.15) is 0 Å². The van der Waals surface area contributed by atoms with Gasteiger partial charge in [-0.1, -0.05) is 0 Å². The number of fused-ring (bicyclic) bond motifs is 1. The van der Waals surface area contributed by atoms with Crippen LogP contribution >= 0.6 is 0 Å². The number of rotatable bonds is 6. The number of carbonyl (C=O) groups excluding carboxylic acids is 1. The number of carbonyl (C=O) groups is 1. The van der Waals surface area contributed by atoms with Crippen LogP contribution in [0.1, 0.15) is 17.0 Å². The molecule has 0 saturated heterocycles. The molecular weight excluding hydrogens is 328 g/mol. The van der Waals surface area contributed by atoms with E-state index >= 15 is 0 Å². The molecule has 1 amide bonds. The lowest BCUT2D eigenvalue weighted by Crippen LogP contribution is -2.07. The normalized spacial score (nSPS) is 11.5. The van der Waals surface area contributed by atoms with Gasteiger partial charge in [0.2, 0.25) is 5.91 Å². The molecule has 0 fully saturated rings. The van der Waals surface area contributed by atoms with Gasteiger partial charge in [-0.15, -0.1) is 0 Å². The van der Waals surface area contributed by atoms with E-state index in [-0.39, 0.29) is 5.91 Å². The first-order chi connectivity index (χ1) is 12.5. The average molecular weight is 352 g/mol. The Balaban J connectivity index is 1.72. The quantitative estimate of drug-likeness (QED) is 0.693. The third-order valence-corrected chi connectivity index (χ3v) is 4.54. The van der Waals surface area contributed by atoms with Crippen molar-refractivity contribution in [2.45, 2.75) is 20.4 Å². The second-order valence-electron chi connectivity index (χ2n) is 6.31. The highest BCUT2D eigenvalue weighted by atomic mass is 16.5. The number of amides is 1. The van der Waals surface area contributed by atoms with Crippen molar-refractivity contribution in [3.8, 4) is 0 Å². The van der Waals surface area contributed by atoms with Gasteiger partial charge in [-0.2, -0.15) is 5.10 Å². The van der Waals surface area contributed by atoms with Crippen molar-refractivity contribution in [2.75, 3.05) is 19.0 Å². The van der Waals surface area contributed by atoms with Crippen LogP contribution in [0.3, 0.4) is 0 Å². The Kier molecular flexibility index (Phi) is 5.23. The van der Waals surface area contributed by atoms with Gasteiger partial charge in [0, 0.05) is 60.8 Å². The van der Waals surface area contributed by atoms with Crippen LogP contribution in [0.2, 0.25) is 0 Å². The Morgan fingerprint density at radius 2 is 2.12 bits per heavy atom. The minimum absolute atomic E-state index is 0.161. The van der Waals surface area contributed by atoms with Crippen molar-refractivity contribution in [1.82, 2.24) is 14.3 Å². The van der Waals surface area contributed by atoms with Crippen molar-refractivity contribution in [3.05, 3.63) is 53.5 Å². The minimum atomic E-state index is -0.161. The maximum atomic E-state index is 12.3. The molecule has 3 aromatic rings. The van der Waals surface area contributed by atoms with Crippen molar-refractivity contribution >= 4 is 28.6 Å². The van der Waals surface area contributed by atoms with Crippen LogP contribution in [-0.2, 0) is 23.1 Å². The molecule has 0 aliphatic heterocycles. The average Bonchev–Trinajstić information content (AvgIpc) is 3.12. The first kappa shape index (κ1) is 17.9. The van der Waals surface area contributed by atoms with Crippen molar-refractivity contribution < 1.29 is 9.53 Å². The summed E-state index contributed by atoms with van der Waals surface area (Å²) in [6.45, 7) is 5.39. The molecule has 0 aliphatic carbocycles. The summed E-state index contributed by atoms with van der Waals surface area (Å²) in [5.74, 6) is -0.161. The highest BCUT2D eigenvalue weighted by molar-refractivity contribution is 6.03. The molecule has 136 valence electrons. The topological polar surface area (TPSA) is 61.1 Å². The highest BCUT2D eigenvalue weighted by Gasteiger charge is 2.07. The molecule has 2 aromatic heterocycles. The van der Waals surface area contributed by atoms with E-state index < -0.39 is 0 Å². The molecule has 0 atom stereocenters. The number of nitrogens with one attached hydrogen (secondary N) is 1. The second kappa shape index (κ2) is 7.58. The van der Waals surface area contributed by atoms with Gasteiger partial charge in [0.05, 0.1) is 12.3 Å². The third kappa shape index (κ3) is 3.70. The van der Waals surface area contributed by atoms with Crippen molar-refractivity contribution in [1.29, 1.82) is 0 Å². The third-order valence-electron chi connectivity index (χ3n) is 4.54. The second-order valence-corrected chi connectivity index (χ2v) is 6.31. The standard InChI is InChI=1S/C20H24N4O2/c1-14-18(15(2)23(3)22-14)6-8-20(25)21-17-5-7-19-16(13-17)9-10-24(19)11-12-26-4/h5-10,13H,11-12H2,1-4H3,(H,21,25)/b8-6+. The van der Waals surface area contributed by atoms with E-state index in [2.05, 4.69) is 15.0 Å². The van der Waals surface area contributed by atoms with Gasteiger partial charge in [-0.3, -0.25) is 9.48 Å². The smallest absolute Gasteiger partial charge is 0.248 e. The molecule has 3 rings (SSSR count). The monoisotopic (exact) mass is 352 g/mol. The lowest BCUT2D eigenvalue weighted by molar-refractivity contribution is -0.111. The Hall–Kier alpha value is -2.86. The molecule has 2 heterocycles. The molecule has 1 N–H and O–H groups in total. The number of benzene rings is 1. The minimum Gasteiger partial charge on any atom is -0.383 e. The maximum Gasteiger partial charge on any atom is 0.248 e. The van der Waals surface area contributed by atoms with Gasteiger partial charge in [0.15, 0.2) is 0 Å². The van der Waals surface area contributed by atoms with Crippen molar-refractivity contribution in [3.63, 3.8) is 0 Å². The van der Waals surface area contributed by atoms with Crippen LogP contribution in [0.15, 0.2) is 36.5 Å². The summed E-state index contributed by atoms with van der Waals surface area (Å²) >= 11 is 0. The predicted octanol–water partition coefficient (Wildman–Crippen LogP) is 3.29. The number of methoxy groups -OCH3 is 1. The fourth-order valence-corrected chi connectivity index (χ4v) is 3.04. The van der Waals surface area contributed by atoms with E-state index in [1.165, 1.54) is 0 Å². The molecular formula is C20H24N4O2. The maximum absolute atomic E-state index is 12.3. The van der Waals surface area contributed by atoms with E-state index in [1.54, 1.807) is 13.2 Å². The number of hydrogen-bond donors (Lipinski definition) is 1. The predicted molar refractivity (Wildman–Crippen MR) is 104 cm³/mol. The fourth-order valence-electron chi connectivity index (χ4n) is 3.04. The number of aromatic nitrogens is 3. The van der Waals surface area contributed by atoms with Crippen LogP contribution in [0.5, 0.6) is 0 Å². The van der Waals surface area contributed by atoms with Crippen molar-refractivity contribution in [2.24, 2.45) is 7.05 Å². The SMILES string of the molecule is COCCn1ccc2cc(NC(=O)/C=C/c3c(C)nn(C)c3C)ccc21. The highest BCUT2D eigenvalue weighted by Crippen LogP contribution is 2.21. The lowest BCUT2D eigenvalue weighted by atomic mass is 10.2. The molecule has 26 heavy (non-hydrogen) atoms. The summed E-state index contributed by atoms with van der Waals surface area (Å²) in [6, 6.07) is 7.95. The Labute approximate surface area is 153 Å². The molecule has 0 radical (unpaired) electrons. The zero-order valence-electron chi connectivity index (χ0n) is 15.6. The van der Waals surface area contributed by atoms with Crippen LogP contribution in [0.25, 0.3) is 17.0 Å². The fraction of sp³-hybridized carbons (Fsp3) is 0.300. The first-order valence-electron chi connectivity index (χ1n) is 8.56. The number of ether oxygens (including phenoxy) is 1. The van der Waals surface area contributed by atoms with Gasteiger partial charge >= 0.3 is 0 Å². The molecule has 1 aromatic carbocycles. The van der Waals surface area contributed by atoms with Crippen LogP contribution in [0, 0.1) is 13.8 Å². The molecule has 0 spiro atoms. The van der Waals surface area contributed by atoms with Crippen LogP contribution < -0.4 is 5.32 Å². The molecule has 0 saturated carbocycles. The summed E-state index contributed by atoms with van der Waals surface area (Å²) < 4.78 is 9.08. The van der Waals surface area contributed by atoms with Gasteiger partial charge in [-0.25, -0.2) is 0 Å². The van der Waals surface area contributed by atoms with Gasteiger partial charge in [0.25, 0.3) is 0 Å². The number of aryl methyl sites for hydroxylation is 2. The van der Waals surface area contributed by atoms with E-state index in [0.29, 0.717) is 6.61 Å². The summed E-state index contributed by atoms with van der Waals surface area (Å²) in [5.41, 5.74) is 4.82.